The predicted molar refractivity (Wildman–Crippen MR) is 105 cm³/mol. The molecule has 0 spiro atoms. The largest absolute Gasteiger partial charge is 0.419 e. The summed E-state index contributed by atoms with van der Waals surface area (Å²) in [4.78, 5) is 6.59. The van der Waals surface area contributed by atoms with Gasteiger partial charge in [-0.2, -0.15) is 0 Å². The highest BCUT2D eigenvalue weighted by Crippen LogP contribution is 2.32. The Hall–Kier alpha value is -2.53. The molecule has 0 saturated carbocycles. The molecule has 3 aromatic rings. The molecule has 0 aliphatic carbocycles. The lowest BCUT2D eigenvalue weighted by molar-refractivity contribution is 0.139. The van der Waals surface area contributed by atoms with Crippen LogP contribution in [0.15, 0.2) is 47.1 Å². The van der Waals surface area contributed by atoms with Crippen molar-refractivity contribution >= 4 is 0 Å². The van der Waals surface area contributed by atoms with Crippen molar-refractivity contribution in [2.24, 2.45) is 0 Å². The lowest BCUT2D eigenvalue weighted by atomic mass is 9.90. The number of hydrogen-bond acceptors (Lipinski definition) is 5. The maximum absolute atomic E-state index is 6.05. The van der Waals surface area contributed by atoms with Gasteiger partial charge in [0.15, 0.2) is 0 Å². The summed E-state index contributed by atoms with van der Waals surface area (Å²) in [7, 11) is 0. The van der Waals surface area contributed by atoms with Gasteiger partial charge in [0.1, 0.15) is 0 Å². The van der Waals surface area contributed by atoms with Gasteiger partial charge in [0.05, 0.1) is 6.04 Å². The van der Waals surface area contributed by atoms with Crippen molar-refractivity contribution in [2.75, 3.05) is 13.1 Å². The minimum absolute atomic E-state index is 0.113. The van der Waals surface area contributed by atoms with Crippen LogP contribution in [0.2, 0.25) is 0 Å². The van der Waals surface area contributed by atoms with Crippen molar-refractivity contribution in [1.82, 2.24) is 20.1 Å². The van der Waals surface area contributed by atoms with Crippen LogP contribution < -0.4 is 0 Å². The van der Waals surface area contributed by atoms with Crippen molar-refractivity contribution in [3.05, 3.63) is 65.3 Å². The highest BCUT2D eigenvalue weighted by atomic mass is 16.4. The van der Waals surface area contributed by atoms with Crippen molar-refractivity contribution in [1.29, 1.82) is 0 Å². The summed E-state index contributed by atoms with van der Waals surface area (Å²) in [5.74, 6) is 1.83. The molecule has 5 nitrogen and oxygen atoms in total. The lowest BCUT2D eigenvalue weighted by Gasteiger charge is -2.35. The van der Waals surface area contributed by atoms with E-state index in [2.05, 4.69) is 65.1 Å². The average Bonchev–Trinajstić information content (AvgIpc) is 3.20. The van der Waals surface area contributed by atoms with Gasteiger partial charge in [0.25, 0.3) is 0 Å². The molecule has 1 aliphatic heterocycles. The summed E-state index contributed by atoms with van der Waals surface area (Å²) in [5.41, 5.74) is 4.85. The van der Waals surface area contributed by atoms with E-state index in [-0.39, 0.29) is 6.04 Å². The minimum atomic E-state index is 0.113. The number of pyridine rings is 1. The van der Waals surface area contributed by atoms with Crippen LogP contribution in [0.4, 0.5) is 0 Å². The molecule has 1 saturated heterocycles. The highest BCUT2D eigenvalue weighted by molar-refractivity contribution is 5.55. The minimum Gasteiger partial charge on any atom is -0.419 e. The summed E-state index contributed by atoms with van der Waals surface area (Å²) in [5, 5.41) is 8.65. The molecule has 140 valence electrons. The van der Waals surface area contributed by atoms with Crippen LogP contribution in [0.5, 0.6) is 0 Å². The molecule has 0 N–H and O–H groups in total. The highest BCUT2D eigenvalue weighted by Gasteiger charge is 2.28. The van der Waals surface area contributed by atoms with E-state index in [0.717, 1.165) is 18.7 Å². The van der Waals surface area contributed by atoms with Gasteiger partial charge in [-0.05, 0) is 87.0 Å². The van der Waals surface area contributed by atoms with Crippen LogP contribution in [0.3, 0.4) is 0 Å². The molecule has 1 aliphatic rings. The second kappa shape index (κ2) is 7.61. The first kappa shape index (κ1) is 17.9. The van der Waals surface area contributed by atoms with Crippen LogP contribution in [0.1, 0.15) is 54.3 Å². The van der Waals surface area contributed by atoms with E-state index >= 15 is 0 Å². The molecule has 2 unspecified atom stereocenters. The van der Waals surface area contributed by atoms with Crippen molar-refractivity contribution < 1.29 is 4.42 Å². The fraction of sp³-hybridized carbons (Fsp3) is 0.409. The first-order valence-corrected chi connectivity index (χ1v) is 9.67. The van der Waals surface area contributed by atoms with Crippen LogP contribution in [-0.4, -0.2) is 33.2 Å². The standard InChI is InChI=1S/C22H26N4O/c1-15-6-7-19(13-16(15)2)22-25-24-21(27-22)17(3)26-12-4-5-20(14-26)18-8-10-23-11-9-18/h6-11,13,17,20H,4-5,12,14H2,1-3H3. The van der Waals surface area contributed by atoms with Gasteiger partial charge in [0.2, 0.25) is 11.8 Å². The zero-order valence-electron chi connectivity index (χ0n) is 16.2. The molecule has 1 aromatic carbocycles. The van der Waals surface area contributed by atoms with E-state index in [9.17, 15) is 0 Å². The molecular weight excluding hydrogens is 336 g/mol. The maximum atomic E-state index is 6.05. The van der Waals surface area contributed by atoms with Gasteiger partial charge in [-0.25, -0.2) is 0 Å². The molecule has 1 fully saturated rings. The Labute approximate surface area is 160 Å². The summed E-state index contributed by atoms with van der Waals surface area (Å²) in [6.45, 7) is 8.44. The molecule has 3 heterocycles. The zero-order chi connectivity index (χ0) is 18.8. The normalized spacial score (nSPS) is 19.1. The van der Waals surface area contributed by atoms with Crippen LogP contribution in [0.25, 0.3) is 11.5 Å². The molecule has 0 bridgehead atoms. The fourth-order valence-corrected chi connectivity index (χ4v) is 3.82. The Morgan fingerprint density at radius 2 is 1.89 bits per heavy atom. The van der Waals surface area contributed by atoms with E-state index in [1.807, 2.05) is 18.5 Å². The number of likely N-dealkylation sites (tertiary alicyclic amines) is 1. The van der Waals surface area contributed by atoms with Gasteiger partial charge in [0, 0.05) is 24.5 Å². The summed E-state index contributed by atoms with van der Waals surface area (Å²) in [6, 6.07) is 10.6. The number of benzene rings is 1. The van der Waals surface area contributed by atoms with Crippen LogP contribution in [0, 0.1) is 13.8 Å². The number of aromatic nitrogens is 3. The Balaban J connectivity index is 1.50. The monoisotopic (exact) mass is 362 g/mol. The molecule has 0 radical (unpaired) electrons. The number of rotatable bonds is 4. The predicted octanol–water partition coefficient (Wildman–Crippen LogP) is 4.69. The van der Waals surface area contributed by atoms with Gasteiger partial charge < -0.3 is 4.42 Å². The van der Waals surface area contributed by atoms with Crippen molar-refractivity contribution in [3.63, 3.8) is 0 Å². The first-order valence-electron chi connectivity index (χ1n) is 9.67. The zero-order valence-corrected chi connectivity index (χ0v) is 16.2. The van der Waals surface area contributed by atoms with E-state index in [1.54, 1.807) is 0 Å². The lowest BCUT2D eigenvalue weighted by Crippen LogP contribution is -2.36. The summed E-state index contributed by atoms with van der Waals surface area (Å²) >= 11 is 0. The van der Waals surface area contributed by atoms with E-state index in [1.165, 1.54) is 29.5 Å². The van der Waals surface area contributed by atoms with E-state index in [4.69, 9.17) is 4.42 Å². The third kappa shape index (κ3) is 3.78. The average molecular weight is 362 g/mol. The number of piperidine rings is 1. The Bertz CT molecular complexity index is 906. The van der Waals surface area contributed by atoms with Gasteiger partial charge in [-0.1, -0.05) is 6.07 Å². The summed E-state index contributed by atoms with van der Waals surface area (Å²) < 4.78 is 6.05. The number of aryl methyl sites for hydroxylation is 2. The molecule has 27 heavy (non-hydrogen) atoms. The van der Waals surface area contributed by atoms with Crippen LogP contribution in [-0.2, 0) is 0 Å². The second-order valence-corrected chi connectivity index (χ2v) is 7.54. The quantitative estimate of drug-likeness (QED) is 0.674. The van der Waals surface area contributed by atoms with E-state index < -0.39 is 0 Å². The topological polar surface area (TPSA) is 55.1 Å². The van der Waals surface area contributed by atoms with Gasteiger partial charge in [-0.15, -0.1) is 10.2 Å². The Morgan fingerprint density at radius 1 is 1.07 bits per heavy atom. The van der Waals surface area contributed by atoms with Crippen molar-refractivity contribution in [3.8, 4) is 11.5 Å². The van der Waals surface area contributed by atoms with E-state index in [0.29, 0.717) is 17.7 Å². The van der Waals surface area contributed by atoms with Crippen LogP contribution >= 0.6 is 0 Å². The molecule has 2 aromatic heterocycles. The third-order valence-corrected chi connectivity index (χ3v) is 5.73. The fourth-order valence-electron chi connectivity index (χ4n) is 3.82. The SMILES string of the molecule is Cc1ccc(-c2nnc(C(C)N3CCCC(c4ccncc4)C3)o2)cc1C. The maximum Gasteiger partial charge on any atom is 0.247 e. The molecule has 2 atom stereocenters. The van der Waals surface area contributed by atoms with Gasteiger partial charge >= 0.3 is 0 Å². The Morgan fingerprint density at radius 3 is 2.67 bits per heavy atom. The number of nitrogens with zero attached hydrogens (tertiary/aromatic N) is 4. The summed E-state index contributed by atoms with van der Waals surface area (Å²) in [6.07, 6.45) is 6.15. The smallest absolute Gasteiger partial charge is 0.247 e. The third-order valence-electron chi connectivity index (χ3n) is 5.73. The molecule has 0 amide bonds. The first-order chi connectivity index (χ1) is 13.1. The van der Waals surface area contributed by atoms with Gasteiger partial charge in [-0.3, -0.25) is 9.88 Å². The molecule has 5 heteroatoms. The van der Waals surface area contributed by atoms with Crippen molar-refractivity contribution in [2.45, 2.75) is 45.6 Å². The molecule has 4 rings (SSSR count). The second-order valence-electron chi connectivity index (χ2n) is 7.54. The number of hydrogen-bond donors (Lipinski definition) is 0. The Kier molecular flexibility index (Phi) is 5.03. The molecular formula is C22H26N4O.